The van der Waals surface area contributed by atoms with Gasteiger partial charge in [0.25, 0.3) is 0 Å². The van der Waals surface area contributed by atoms with Crippen LogP contribution in [0.4, 0.5) is 34.6 Å². The number of aromatic nitrogens is 10. The summed E-state index contributed by atoms with van der Waals surface area (Å²) in [5.74, 6) is 11.8. The Hall–Kier alpha value is -10.2. The van der Waals surface area contributed by atoms with Crippen LogP contribution in [0.3, 0.4) is 0 Å². The maximum atomic E-state index is 11.6. The number of carbonyl (C=O) groups is 5. The first-order chi connectivity index (χ1) is 70.3. The van der Waals surface area contributed by atoms with E-state index in [1.165, 1.54) is 59.4 Å². The molecule has 7 aromatic rings. The van der Waals surface area contributed by atoms with E-state index in [2.05, 4.69) is 249 Å². The normalized spacial score (nSPS) is 18.4. The van der Waals surface area contributed by atoms with Crippen molar-refractivity contribution in [2.24, 2.45) is 29.6 Å². The van der Waals surface area contributed by atoms with Gasteiger partial charge in [-0.1, -0.05) is 96.9 Å². The van der Waals surface area contributed by atoms with E-state index in [0.29, 0.717) is 72.0 Å². The lowest BCUT2D eigenvalue weighted by Crippen LogP contribution is -2.48. The molecule has 0 bridgehead atoms. The second-order valence-electron chi connectivity index (χ2n) is 44.8. The number of likely N-dealkylation sites (tertiary alicyclic amines) is 5. The van der Waals surface area contributed by atoms with E-state index in [1.54, 1.807) is 41.7 Å². The Bertz CT molecular complexity index is 5030. The molecule has 5 amide bonds. The summed E-state index contributed by atoms with van der Waals surface area (Å²) in [7, 11) is 10.1. The molecule has 0 saturated carbocycles. The van der Waals surface area contributed by atoms with Crippen molar-refractivity contribution in [2.45, 2.75) is 294 Å². The van der Waals surface area contributed by atoms with Crippen LogP contribution >= 0.6 is 0 Å². The van der Waals surface area contributed by atoms with Crippen LogP contribution in [-0.4, -0.2) is 314 Å². The van der Waals surface area contributed by atoms with E-state index >= 15 is 0 Å². The Kier molecular flexibility index (Phi) is 48.9. The van der Waals surface area contributed by atoms with E-state index in [0.717, 1.165) is 321 Å². The minimum atomic E-state index is 0.141. The minimum absolute atomic E-state index is 0.141. The molecule has 7 aromatic heterocycles. The summed E-state index contributed by atoms with van der Waals surface area (Å²) >= 11 is 0. The minimum Gasteiger partial charge on any atom is -0.383 e. The number of likely N-dealkylation sites (N-methyl/N-ethyl adjacent to an activating group) is 1. The highest BCUT2D eigenvalue weighted by Crippen LogP contribution is 2.34. The molecule has 9 saturated heterocycles. The van der Waals surface area contributed by atoms with Gasteiger partial charge in [0, 0.05) is 239 Å². The number of rotatable bonds is 28. The van der Waals surface area contributed by atoms with Gasteiger partial charge in [0.2, 0.25) is 29.5 Å². The van der Waals surface area contributed by atoms with Crippen molar-refractivity contribution in [3.63, 3.8) is 0 Å². The number of pyridine rings is 4. The third-order valence-corrected chi connectivity index (χ3v) is 30.1. The topological polar surface area (TPSA) is 310 Å². The molecule has 16 rings (SSSR count). The van der Waals surface area contributed by atoms with Crippen molar-refractivity contribution in [1.29, 1.82) is 0 Å². The number of hydrogen-bond donors (Lipinski definition) is 3. The highest BCUT2D eigenvalue weighted by molar-refractivity contribution is 5.75. The molecular weight excluding hydrogens is 1840 g/mol. The molecular formula is C116H185N23O8. The number of carbonyl (C=O) groups excluding carboxylic acids is 5. The van der Waals surface area contributed by atoms with Gasteiger partial charge in [0.05, 0.1) is 55.5 Å². The molecule has 9 aliphatic heterocycles. The summed E-state index contributed by atoms with van der Waals surface area (Å²) in [5, 5.41) is 35.7. The molecule has 31 heteroatoms. The second-order valence-corrected chi connectivity index (χ2v) is 44.8. The highest BCUT2D eigenvalue weighted by Gasteiger charge is 2.31. The maximum Gasteiger partial charge on any atom is 0.219 e. The lowest BCUT2D eigenvalue weighted by atomic mass is 9.89. The van der Waals surface area contributed by atoms with Gasteiger partial charge in [-0.05, 0) is 289 Å². The lowest BCUT2D eigenvalue weighted by molar-refractivity contribution is -0.131. The number of piperidine rings is 4. The van der Waals surface area contributed by atoms with Gasteiger partial charge in [0.15, 0.2) is 0 Å². The van der Waals surface area contributed by atoms with Gasteiger partial charge in [0.1, 0.15) is 23.3 Å². The molecule has 9 aliphatic rings. The Morgan fingerprint density at radius 2 is 0.735 bits per heavy atom. The summed E-state index contributed by atoms with van der Waals surface area (Å²) in [4.78, 5) is 97.7. The van der Waals surface area contributed by atoms with Crippen molar-refractivity contribution < 1.29 is 38.2 Å². The fraction of sp³-hybridized carbons (Fsp3) is 0.681. The van der Waals surface area contributed by atoms with Crippen LogP contribution in [-0.2, 0) is 70.3 Å². The van der Waals surface area contributed by atoms with Gasteiger partial charge >= 0.3 is 0 Å². The van der Waals surface area contributed by atoms with Crippen LogP contribution in [0.2, 0.25) is 0 Å². The zero-order chi connectivity index (χ0) is 106. The van der Waals surface area contributed by atoms with Gasteiger partial charge in [-0.15, -0.1) is 0 Å². The molecule has 16 heterocycles. The van der Waals surface area contributed by atoms with Crippen molar-refractivity contribution in [1.82, 2.24) is 85.2 Å². The quantitative estimate of drug-likeness (QED) is 0.0410. The van der Waals surface area contributed by atoms with Crippen molar-refractivity contribution in [2.75, 3.05) is 223 Å². The smallest absolute Gasteiger partial charge is 0.219 e. The molecule has 2 unspecified atom stereocenters. The number of morpholine rings is 1. The Morgan fingerprint density at radius 1 is 0.381 bits per heavy atom. The summed E-state index contributed by atoms with van der Waals surface area (Å²) in [6, 6.07) is 25.0. The van der Waals surface area contributed by atoms with Crippen LogP contribution in [0.15, 0.2) is 85.3 Å². The number of anilines is 6. The van der Waals surface area contributed by atoms with Crippen molar-refractivity contribution in [3.8, 4) is 0 Å². The summed E-state index contributed by atoms with van der Waals surface area (Å²) in [6.07, 6.45) is 24.2. The number of ether oxygens (including phenoxy) is 3. The summed E-state index contributed by atoms with van der Waals surface area (Å²) in [5.41, 5.74) is 16.8. The van der Waals surface area contributed by atoms with E-state index in [1.807, 2.05) is 57.2 Å². The standard InChI is InChI=1S/C21H33N5O2.C20H33N3O2.C19H30N4O2.C18H29N3O.C13H21N3.C13H20N2O.C12H19N3/c1-15(2)20-13-19(22-18-5-7-24(8-6-18)16(3)27)14-21(23-20)26-11-9-25(10-12-26)17(4)28;1-15(2)19-13-18(14-20(21-19)22(4)10-11-25-5)12-17-6-8-23(9-7-17)16(3)24;1-14(2)18-12-17(13-19(21-18)23-8-10-25-11-9-23)20-16-4-6-22(7-5-16)15(3)24;1-13(2)17-11-16(12-18(19-17)20(4)5)10-15-6-8-21(9-7-15)14(3)22;1-10(2)12-7-13(15-14-8-12)6-11-4-5-16(3)9-11;1-10(2)12-8-13(15-14-9-12)7-11-3-5-16-6-4-11;1-9(2)11-6-12(15-14-8-11)5-10-3-4-13-7-10/h13-15,18H,5-12H2,1-4H3,(H,22,23);13-15,17H,6-12H2,1-5H3;12-14,16H,4-11H2,1-3H3,(H,20,21);11-13,15H,6-10H2,1-5H3;7-8,10-11H,4-6,9H2,1-3H3;8-11H,3-7H2,1-2H3;6,8-10,13H,3-5,7H2,1-2H3. The largest absolute Gasteiger partial charge is 0.383 e. The molecule has 0 aromatic carbocycles. The predicted molar refractivity (Wildman–Crippen MR) is 595 cm³/mol. The van der Waals surface area contributed by atoms with Crippen molar-refractivity contribution >= 4 is 64.2 Å². The molecule has 0 spiro atoms. The Morgan fingerprint density at radius 3 is 1.10 bits per heavy atom. The first-order valence-electron chi connectivity index (χ1n) is 55.5. The molecule has 3 N–H and O–H groups in total. The van der Waals surface area contributed by atoms with E-state index in [4.69, 9.17) is 34.1 Å². The Balaban J connectivity index is 0.000000177. The van der Waals surface area contributed by atoms with E-state index in [-0.39, 0.29) is 29.5 Å². The number of hydrogen-bond acceptors (Lipinski definition) is 26. The molecule has 0 radical (unpaired) electrons. The number of piperazine rings is 1. The highest BCUT2D eigenvalue weighted by atomic mass is 16.5. The zero-order valence-corrected chi connectivity index (χ0v) is 94.4. The van der Waals surface area contributed by atoms with E-state index in [9.17, 15) is 24.0 Å². The molecule has 2 atom stereocenters. The van der Waals surface area contributed by atoms with Crippen LogP contribution in [0, 0.1) is 29.6 Å². The number of nitrogens with one attached hydrogen (secondary N) is 3. The number of nitrogens with zero attached hydrogens (tertiary/aromatic N) is 20. The van der Waals surface area contributed by atoms with Gasteiger partial charge < -0.3 is 79.2 Å². The third-order valence-electron chi connectivity index (χ3n) is 30.1. The SMILES string of the molecule is CC(=O)N1CCC(Cc2cc(C(C)C)nc(N(C)C)c2)CC1.CC(=O)N1CCC(Nc2cc(C(C)C)nc(N3CCN(C(C)=O)CC3)c2)CC1.CC(=O)N1CCC(Nc2cc(C(C)C)nc(N3CCOCC3)c2)CC1.CC(C)c1cnnc(CC2CCN(C)C2)c1.CC(C)c1cnnc(CC2CCNC2)c1.CC(C)c1cnnc(CC2CCOCC2)c1.COCCN(C)c1cc(CC2CCN(C(C)=O)CC2)cc(C(C)C)n1. The fourth-order valence-electron chi connectivity index (χ4n) is 20.2. The van der Waals surface area contributed by atoms with E-state index < -0.39 is 0 Å². The van der Waals surface area contributed by atoms with Gasteiger partial charge in [-0.2, -0.15) is 30.6 Å². The average Bonchev–Trinajstić information content (AvgIpc) is 1.33. The van der Waals surface area contributed by atoms with Crippen LogP contribution in [0.5, 0.6) is 0 Å². The number of amides is 5. The summed E-state index contributed by atoms with van der Waals surface area (Å²) in [6.45, 7) is 60.3. The molecule has 31 nitrogen and oxygen atoms in total. The Labute approximate surface area is 882 Å². The first kappa shape index (κ1) is 119. The number of methoxy groups -OCH3 is 1. The van der Waals surface area contributed by atoms with Crippen molar-refractivity contribution in [3.05, 3.63) is 153 Å². The third kappa shape index (κ3) is 40.2. The first-order valence-corrected chi connectivity index (χ1v) is 55.5. The molecule has 812 valence electrons. The molecule has 9 fully saturated rings. The monoisotopic (exact) mass is 2030 g/mol. The molecule has 147 heavy (non-hydrogen) atoms. The lowest BCUT2D eigenvalue weighted by Gasteiger charge is -2.36. The summed E-state index contributed by atoms with van der Waals surface area (Å²) < 4.78 is 16.0. The van der Waals surface area contributed by atoms with Gasteiger partial charge in [-0.25, -0.2) is 19.9 Å². The molecule has 0 aliphatic carbocycles. The average molecular weight is 2030 g/mol. The van der Waals surface area contributed by atoms with Crippen LogP contribution in [0.1, 0.15) is 318 Å². The maximum absolute atomic E-state index is 11.6. The van der Waals surface area contributed by atoms with Crippen LogP contribution in [0.25, 0.3) is 0 Å². The van der Waals surface area contributed by atoms with Crippen LogP contribution < -0.4 is 35.6 Å². The second kappa shape index (κ2) is 60.6. The predicted octanol–water partition coefficient (Wildman–Crippen LogP) is 17.3. The fourth-order valence-corrected chi connectivity index (χ4v) is 20.2. The zero-order valence-electron chi connectivity index (χ0n) is 94.4. The van der Waals surface area contributed by atoms with Gasteiger partial charge in [-0.3, -0.25) is 24.0 Å².